The van der Waals surface area contributed by atoms with E-state index >= 15 is 0 Å². The molecule has 2 N–H and O–H groups in total. The van der Waals surface area contributed by atoms with Gasteiger partial charge in [-0.3, -0.25) is 0 Å². The number of hydrogen-bond acceptors (Lipinski definition) is 5. The maximum atomic E-state index is 5.79. The van der Waals surface area contributed by atoms with Crippen molar-refractivity contribution >= 4 is 0 Å². The van der Waals surface area contributed by atoms with E-state index in [4.69, 9.17) is 15.0 Å². The molecule has 1 atom stereocenters. The summed E-state index contributed by atoms with van der Waals surface area (Å²) < 4.78 is 10.7. The summed E-state index contributed by atoms with van der Waals surface area (Å²) in [5.74, 6) is 2.61. The predicted molar refractivity (Wildman–Crippen MR) is 69.6 cm³/mol. The van der Waals surface area contributed by atoms with Crippen molar-refractivity contribution in [2.75, 3.05) is 0 Å². The molecule has 0 aliphatic heterocycles. The van der Waals surface area contributed by atoms with Gasteiger partial charge in [-0.2, -0.15) is 4.98 Å². The molecule has 2 aromatic rings. The highest BCUT2D eigenvalue weighted by Crippen LogP contribution is 2.38. The van der Waals surface area contributed by atoms with Crippen LogP contribution in [0.3, 0.4) is 0 Å². The zero-order chi connectivity index (χ0) is 13.2. The Hall–Kier alpha value is -1.88. The third-order valence-electron chi connectivity index (χ3n) is 3.19. The first kappa shape index (κ1) is 12.2. The number of benzene rings is 1. The van der Waals surface area contributed by atoms with Gasteiger partial charge in [0, 0.05) is 12.0 Å². The van der Waals surface area contributed by atoms with E-state index < -0.39 is 0 Å². The molecule has 1 aliphatic carbocycles. The molecule has 1 aliphatic rings. The van der Waals surface area contributed by atoms with Crippen LogP contribution in [0.1, 0.15) is 49.0 Å². The summed E-state index contributed by atoms with van der Waals surface area (Å²) in [5, 5.41) is 3.95. The van der Waals surface area contributed by atoms with Crippen LogP contribution in [-0.4, -0.2) is 10.1 Å². The minimum atomic E-state index is 0.0334. The van der Waals surface area contributed by atoms with Gasteiger partial charge in [0.15, 0.2) is 12.4 Å². The van der Waals surface area contributed by atoms with Crippen LogP contribution in [-0.2, 0) is 6.61 Å². The predicted octanol–water partition coefficient (Wildman–Crippen LogP) is 2.55. The molecule has 19 heavy (non-hydrogen) atoms. The molecule has 1 fully saturated rings. The van der Waals surface area contributed by atoms with Gasteiger partial charge < -0.3 is 15.0 Å². The zero-order valence-corrected chi connectivity index (χ0v) is 10.9. The number of nitrogens with two attached hydrogens (primary N) is 1. The molecule has 3 rings (SSSR count). The molecule has 1 saturated carbocycles. The van der Waals surface area contributed by atoms with Crippen molar-refractivity contribution in [3.63, 3.8) is 0 Å². The summed E-state index contributed by atoms with van der Waals surface area (Å²) >= 11 is 0. The van der Waals surface area contributed by atoms with Crippen LogP contribution in [0.2, 0.25) is 0 Å². The molecule has 0 amide bonds. The molecule has 1 heterocycles. The summed E-state index contributed by atoms with van der Waals surface area (Å²) in [6.45, 7) is 2.25. The van der Waals surface area contributed by atoms with Crippen molar-refractivity contribution in [1.29, 1.82) is 0 Å². The summed E-state index contributed by atoms with van der Waals surface area (Å²) in [5.41, 5.74) is 6.88. The van der Waals surface area contributed by atoms with E-state index in [9.17, 15) is 0 Å². The molecule has 1 aromatic carbocycles. The molecule has 1 unspecified atom stereocenters. The first-order chi connectivity index (χ1) is 9.22. The molecule has 100 valence electrons. The van der Waals surface area contributed by atoms with E-state index in [-0.39, 0.29) is 6.04 Å². The SMILES string of the molecule is CC(N)c1ccc(OCc2nc(C3CC3)no2)cc1. The third kappa shape index (κ3) is 2.93. The fourth-order valence-electron chi connectivity index (χ4n) is 1.85. The highest BCUT2D eigenvalue weighted by Gasteiger charge is 2.28. The Bertz CT molecular complexity index is 544. The summed E-state index contributed by atoms with van der Waals surface area (Å²) in [6.07, 6.45) is 2.33. The molecule has 0 radical (unpaired) electrons. The summed E-state index contributed by atoms with van der Waals surface area (Å²) in [7, 11) is 0. The van der Waals surface area contributed by atoms with E-state index in [2.05, 4.69) is 10.1 Å². The molecule has 5 nitrogen and oxygen atoms in total. The highest BCUT2D eigenvalue weighted by molar-refractivity contribution is 5.28. The van der Waals surface area contributed by atoms with E-state index in [1.807, 2.05) is 31.2 Å². The quantitative estimate of drug-likeness (QED) is 0.893. The topological polar surface area (TPSA) is 74.2 Å². The Morgan fingerprint density at radius 1 is 1.37 bits per heavy atom. The number of aromatic nitrogens is 2. The second-order valence-corrected chi connectivity index (χ2v) is 4.97. The lowest BCUT2D eigenvalue weighted by molar-refractivity contribution is 0.242. The summed E-state index contributed by atoms with van der Waals surface area (Å²) in [4.78, 5) is 4.31. The fraction of sp³-hybridized carbons (Fsp3) is 0.429. The van der Waals surface area contributed by atoms with Crippen molar-refractivity contribution in [2.45, 2.75) is 38.3 Å². The monoisotopic (exact) mass is 259 g/mol. The smallest absolute Gasteiger partial charge is 0.264 e. The second-order valence-electron chi connectivity index (χ2n) is 4.97. The van der Waals surface area contributed by atoms with Crippen LogP contribution in [0.4, 0.5) is 0 Å². The van der Waals surface area contributed by atoms with Gasteiger partial charge in [-0.05, 0) is 37.5 Å². The molecular formula is C14H17N3O2. The number of hydrogen-bond donors (Lipinski definition) is 1. The molecule has 0 spiro atoms. The number of ether oxygens (including phenoxy) is 1. The minimum absolute atomic E-state index is 0.0334. The van der Waals surface area contributed by atoms with Crippen molar-refractivity contribution in [3.05, 3.63) is 41.5 Å². The number of rotatable bonds is 5. The first-order valence-electron chi connectivity index (χ1n) is 6.53. The van der Waals surface area contributed by atoms with E-state index in [0.29, 0.717) is 18.4 Å². The highest BCUT2D eigenvalue weighted by atomic mass is 16.5. The molecule has 5 heteroatoms. The van der Waals surface area contributed by atoms with E-state index in [0.717, 1.165) is 17.1 Å². The van der Waals surface area contributed by atoms with Crippen LogP contribution in [0, 0.1) is 0 Å². The van der Waals surface area contributed by atoms with Gasteiger partial charge in [0.1, 0.15) is 5.75 Å². The molecular weight excluding hydrogens is 242 g/mol. The van der Waals surface area contributed by atoms with Gasteiger partial charge in [-0.25, -0.2) is 0 Å². The van der Waals surface area contributed by atoms with Crippen LogP contribution in [0.15, 0.2) is 28.8 Å². The first-order valence-corrected chi connectivity index (χ1v) is 6.53. The van der Waals surface area contributed by atoms with Crippen molar-refractivity contribution in [2.24, 2.45) is 5.73 Å². The number of nitrogens with zero attached hydrogens (tertiary/aromatic N) is 2. The van der Waals surface area contributed by atoms with E-state index in [1.54, 1.807) is 0 Å². The van der Waals surface area contributed by atoms with Crippen LogP contribution >= 0.6 is 0 Å². The molecule has 0 bridgehead atoms. The van der Waals surface area contributed by atoms with Gasteiger partial charge in [0.25, 0.3) is 5.89 Å². The maximum Gasteiger partial charge on any atom is 0.264 e. The van der Waals surface area contributed by atoms with Gasteiger partial charge >= 0.3 is 0 Å². The van der Waals surface area contributed by atoms with Gasteiger partial charge in [-0.15, -0.1) is 0 Å². The van der Waals surface area contributed by atoms with Crippen molar-refractivity contribution in [3.8, 4) is 5.75 Å². The zero-order valence-electron chi connectivity index (χ0n) is 10.9. The van der Waals surface area contributed by atoms with Crippen molar-refractivity contribution < 1.29 is 9.26 Å². The lowest BCUT2D eigenvalue weighted by Crippen LogP contribution is -2.04. The normalized spacial score (nSPS) is 16.3. The van der Waals surface area contributed by atoms with Crippen LogP contribution in [0.5, 0.6) is 5.75 Å². The average Bonchev–Trinajstić information content (AvgIpc) is 3.16. The van der Waals surface area contributed by atoms with Gasteiger partial charge in [-0.1, -0.05) is 17.3 Å². The van der Waals surface area contributed by atoms with Gasteiger partial charge in [0.05, 0.1) is 0 Å². The Morgan fingerprint density at radius 3 is 2.74 bits per heavy atom. The minimum Gasteiger partial charge on any atom is -0.484 e. The Morgan fingerprint density at radius 2 is 2.11 bits per heavy atom. The Labute approximate surface area is 111 Å². The largest absolute Gasteiger partial charge is 0.484 e. The molecule has 1 aromatic heterocycles. The lowest BCUT2D eigenvalue weighted by atomic mass is 10.1. The lowest BCUT2D eigenvalue weighted by Gasteiger charge is -2.07. The van der Waals surface area contributed by atoms with E-state index in [1.165, 1.54) is 12.8 Å². The Balaban J connectivity index is 1.58. The second kappa shape index (κ2) is 5.01. The maximum absolute atomic E-state index is 5.79. The third-order valence-corrected chi connectivity index (χ3v) is 3.19. The standard InChI is InChI=1S/C14H17N3O2/c1-9(15)10-4-6-12(7-5-10)18-8-13-16-14(17-19-13)11-2-3-11/h4-7,9,11H,2-3,8,15H2,1H3. The molecule has 0 saturated heterocycles. The fourth-order valence-corrected chi connectivity index (χ4v) is 1.85. The Kier molecular flexibility index (Phi) is 3.21. The van der Waals surface area contributed by atoms with Gasteiger partial charge in [0.2, 0.25) is 0 Å². The average molecular weight is 259 g/mol. The van der Waals surface area contributed by atoms with Crippen LogP contribution < -0.4 is 10.5 Å². The van der Waals surface area contributed by atoms with Crippen LogP contribution in [0.25, 0.3) is 0 Å². The van der Waals surface area contributed by atoms with Crippen molar-refractivity contribution in [1.82, 2.24) is 10.1 Å². The summed E-state index contributed by atoms with van der Waals surface area (Å²) in [6, 6.07) is 7.76.